The summed E-state index contributed by atoms with van der Waals surface area (Å²) in [6, 6.07) is 18.4. The van der Waals surface area contributed by atoms with Gasteiger partial charge in [0.15, 0.2) is 5.82 Å². The quantitative estimate of drug-likeness (QED) is 0.439. The first-order valence-electron chi connectivity index (χ1n) is 7.98. The third-order valence-corrected chi connectivity index (χ3v) is 4.62. The SMILES string of the molecule is CSc1nnc(Cc2ccccc2)n1/N=C\c1c[nH]c2ccccc12. The lowest BCUT2D eigenvalue weighted by molar-refractivity contribution is 0.730. The largest absolute Gasteiger partial charge is 0.361 e. The highest BCUT2D eigenvalue weighted by Crippen LogP contribution is 2.18. The van der Waals surface area contributed by atoms with E-state index in [0.717, 1.165) is 27.4 Å². The zero-order valence-corrected chi connectivity index (χ0v) is 14.6. The van der Waals surface area contributed by atoms with Crippen LogP contribution in [-0.2, 0) is 6.42 Å². The molecule has 0 amide bonds. The van der Waals surface area contributed by atoms with E-state index in [9.17, 15) is 0 Å². The van der Waals surface area contributed by atoms with Crippen LogP contribution in [0, 0.1) is 0 Å². The number of nitrogens with zero attached hydrogens (tertiary/aromatic N) is 4. The Balaban J connectivity index is 1.68. The average molecular weight is 347 g/mol. The van der Waals surface area contributed by atoms with E-state index in [1.54, 1.807) is 0 Å². The molecule has 2 aromatic heterocycles. The van der Waals surface area contributed by atoms with E-state index < -0.39 is 0 Å². The van der Waals surface area contributed by atoms with Crippen LogP contribution in [0.15, 0.2) is 71.1 Å². The minimum atomic E-state index is 0.694. The second-order valence-corrected chi connectivity index (χ2v) is 6.38. The first-order chi connectivity index (χ1) is 12.3. The van der Waals surface area contributed by atoms with E-state index in [2.05, 4.69) is 44.5 Å². The maximum absolute atomic E-state index is 4.65. The van der Waals surface area contributed by atoms with Gasteiger partial charge in [0, 0.05) is 29.1 Å². The second-order valence-electron chi connectivity index (χ2n) is 5.61. The molecule has 0 aliphatic carbocycles. The van der Waals surface area contributed by atoms with Crippen LogP contribution in [0.1, 0.15) is 17.0 Å². The molecule has 0 saturated heterocycles. The van der Waals surface area contributed by atoms with Crippen LogP contribution in [0.2, 0.25) is 0 Å². The number of thioether (sulfide) groups is 1. The highest BCUT2D eigenvalue weighted by molar-refractivity contribution is 7.98. The fourth-order valence-electron chi connectivity index (χ4n) is 2.75. The van der Waals surface area contributed by atoms with E-state index in [0.29, 0.717) is 6.42 Å². The number of hydrogen-bond acceptors (Lipinski definition) is 4. The van der Waals surface area contributed by atoms with Crippen LogP contribution in [0.25, 0.3) is 10.9 Å². The lowest BCUT2D eigenvalue weighted by atomic mass is 10.1. The van der Waals surface area contributed by atoms with Gasteiger partial charge < -0.3 is 4.98 Å². The molecule has 4 rings (SSSR count). The lowest BCUT2D eigenvalue weighted by Gasteiger charge is -2.03. The summed E-state index contributed by atoms with van der Waals surface area (Å²) >= 11 is 1.54. The Morgan fingerprint density at radius 2 is 1.88 bits per heavy atom. The lowest BCUT2D eigenvalue weighted by Crippen LogP contribution is -2.01. The standard InChI is InChI=1S/C19H17N5S/c1-25-19-23-22-18(11-14-7-3-2-4-8-14)24(19)21-13-15-12-20-17-10-6-5-9-16(15)17/h2-10,12-13,20H,11H2,1H3/b21-13-. The fraction of sp³-hybridized carbons (Fsp3) is 0.105. The first-order valence-corrected chi connectivity index (χ1v) is 9.20. The van der Waals surface area contributed by atoms with Crippen molar-refractivity contribution >= 4 is 28.9 Å². The topological polar surface area (TPSA) is 58.9 Å². The fourth-order valence-corrected chi connectivity index (χ4v) is 3.20. The normalized spacial score (nSPS) is 11.6. The monoisotopic (exact) mass is 347 g/mol. The molecule has 0 aliphatic rings. The maximum Gasteiger partial charge on any atom is 0.211 e. The third kappa shape index (κ3) is 3.21. The van der Waals surface area contributed by atoms with Gasteiger partial charge >= 0.3 is 0 Å². The average Bonchev–Trinajstić information content (AvgIpc) is 3.24. The molecule has 1 N–H and O–H groups in total. The number of para-hydroxylation sites is 1. The van der Waals surface area contributed by atoms with Crippen molar-refractivity contribution in [3.63, 3.8) is 0 Å². The summed E-state index contributed by atoms with van der Waals surface area (Å²) in [5.41, 5.74) is 3.33. The zero-order valence-electron chi connectivity index (χ0n) is 13.8. The van der Waals surface area contributed by atoms with Crippen molar-refractivity contribution in [2.75, 3.05) is 6.26 Å². The number of H-pyrrole nitrogens is 1. The molecule has 0 spiro atoms. The molecule has 0 unspecified atom stereocenters. The predicted octanol–water partition coefficient (Wildman–Crippen LogP) is 3.95. The molecule has 0 saturated carbocycles. The molecule has 0 atom stereocenters. The van der Waals surface area contributed by atoms with Crippen LogP contribution in [0.5, 0.6) is 0 Å². The minimum Gasteiger partial charge on any atom is -0.361 e. The molecule has 0 bridgehead atoms. The van der Waals surface area contributed by atoms with Crippen LogP contribution >= 0.6 is 11.8 Å². The molecular weight excluding hydrogens is 330 g/mol. The number of aromatic amines is 1. The van der Waals surface area contributed by atoms with Crippen molar-refractivity contribution in [3.8, 4) is 0 Å². The van der Waals surface area contributed by atoms with Gasteiger partial charge in [-0.25, -0.2) is 0 Å². The van der Waals surface area contributed by atoms with Gasteiger partial charge in [0.2, 0.25) is 5.16 Å². The summed E-state index contributed by atoms with van der Waals surface area (Å²) in [5.74, 6) is 0.826. The summed E-state index contributed by atoms with van der Waals surface area (Å²) in [5, 5.41) is 15.1. The van der Waals surface area contributed by atoms with E-state index in [1.165, 1.54) is 17.3 Å². The minimum absolute atomic E-state index is 0.694. The summed E-state index contributed by atoms with van der Waals surface area (Å²) in [4.78, 5) is 3.26. The highest BCUT2D eigenvalue weighted by Gasteiger charge is 2.11. The highest BCUT2D eigenvalue weighted by atomic mass is 32.2. The third-order valence-electron chi connectivity index (χ3n) is 4.00. The van der Waals surface area contributed by atoms with Crippen molar-refractivity contribution in [2.24, 2.45) is 5.10 Å². The molecule has 0 aliphatic heterocycles. The Kier molecular flexibility index (Phi) is 4.35. The van der Waals surface area contributed by atoms with Gasteiger partial charge in [-0.1, -0.05) is 60.3 Å². The van der Waals surface area contributed by atoms with Gasteiger partial charge in [-0.15, -0.1) is 10.2 Å². The zero-order chi connectivity index (χ0) is 17.1. The number of benzene rings is 2. The summed E-state index contributed by atoms with van der Waals surface area (Å²) in [6.45, 7) is 0. The molecule has 5 nitrogen and oxygen atoms in total. The number of hydrogen-bond donors (Lipinski definition) is 1. The molecule has 2 aromatic carbocycles. The second kappa shape index (κ2) is 6.94. The maximum atomic E-state index is 4.65. The smallest absolute Gasteiger partial charge is 0.211 e. The van der Waals surface area contributed by atoms with Crippen molar-refractivity contribution in [1.29, 1.82) is 0 Å². The van der Waals surface area contributed by atoms with Gasteiger partial charge in [-0.2, -0.15) is 9.78 Å². The van der Waals surface area contributed by atoms with E-state index in [4.69, 9.17) is 0 Å². The van der Waals surface area contributed by atoms with Crippen LogP contribution in [0.4, 0.5) is 0 Å². The molecule has 25 heavy (non-hydrogen) atoms. The Labute approximate surface area is 149 Å². The first kappa shape index (κ1) is 15.7. The van der Waals surface area contributed by atoms with Crippen molar-refractivity contribution in [1.82, 2.24) is 19.9 Å². The summed E-state index contributed by atoms with van der Waals surface area (Å²) in [6.07, 6.45) is 6.50. The predicted molar refractivity (Wildman–Crippen MR) is 102 cm³/mol. The van der Waals surface area contributed by atoms with Gasteiger partial charge in [-0.3, -0.25) is 0 Å². The number of nitrogens with one attached hydrogen (secondary N) is 1. The number of rotatable bonds is 5. The Hall–Kier alpha value is -2.86. The Morgan fingerprint density at radius 1 is 1.08 bits per heavy atom. The molecule has 4 aromatic rings. The molecular formula is C19H17N5S. The molecule has 0 fully saturated rings. The molecule has 6 heteroatoms. The Morgan fingerprint density at radius 3 is 2.72 bits per heavy atom. The summed E-state index contributed by atoms with van der Waals surface area (Å²) in [7, 11) is 0. The van der Waals surface area contributed by atoms with Crippen molar-refractivity contribution in [3.05, 3.63) is 77.7 Å². The van der Waals surface area contributed by atoms with Gasteiger partial charge in [0.25, 0.3) is 0 Å². The van der Waals surface area contributed by atoms with Crippen molar-refractivity contribution in [2.45, 2.75) is 11.6 Å². The van der Waals surface area contributed by atoms with E-state index in [1.807, 2.05) is 53.7 Å². The Bertz CT molecular complexity index is 1020. The van der Waals surface area contributed by atoms with Gasteiger partial charge in [0.05, 0.1) is 6.21 Å². The molecule has 0 radical (unpaired) electrons. The van der Waals surface area contributed by atoms with Crippen LogP contribution < -0.4 is 0 Å². The van der Waals surface area contributed by atoms with Gasteiger partial charge in [0.1, 0.15) is 0 Å². The van der Waals surface area contributed by atoms with Gasteiger partial charge in [-0.05, 0) is 17.9 Å². The molecule has 124 valence electrons. The van der Waals surface area contributed by atoms with Crippen LogP contribution in [0.3, 0.4) is 0 Å². The molecule has 2 heterocycles. The summed E-state index contributed by atoms with van der Waals surface area (Å²) < 4.78 is 1.82. The number of fused-ring (bicyclic) bond motifs is 1. The number of aromatic nitrogens is 4. The van der Waals surface area contributed by atoms with E-state index in [-0.39, 0.29) is 0 Å². The van der Waals surface area contributed by atoms with Crippen LogP contribution in [-0.4, -0.2) is 32.3 Å². The van der Waals surface area contributed by atoms with E-state index >= 15 is 0 Å². The van der Waals surface area contributed by atoms with Crippen molar-refractivity contribution < 1.29 is 0 Å².